The average molecular weight is 308 g/mol. The first kappa shape index (κ1) is 15.5. The molecule has 0 spiro atoms. The van der Waals surface area contributed by atoms with E-state index in [4.69, 9.17) is 4.42 Å². The molecule has 3 rings (SSSR count). The van der Waals surface area contributed by atoms with Gasteiger partial charge in [0.25, 0.3) is 0 Å². The molecule has 3 aromatic rings. The second kappa shape index (κ2) is 7.22. The Morgan fingerprint density at radius 1 is 1.09 bits per heavy atom. The van der Waals surface area contributed by atoms with Gasteiger partial charge >= 0.3 is 0 Å². The van der Waals surface area contributed by atoms with Crippen molar-refractivity contribution in [3.05, 3.63) is 77.8 Å². The fraction of sp³-hybridized carbons (Fsp3) is 0.211. The number of benzene rings is 1. The van der Waals surface area contributed by atoms with Crippen LogP contribution in [0.5, 0.6) is 0 Å². The van der Waals surface area contributed by atoms with Crippen molar-refractivity contribution in [2.45, 2.75) is 26.1 Å². The number of pyridine rings is 1. The van der Waals surface area contributed by atoms with Gasteiger partial charge in [0.1, 0.15) is 11.5 Å². The minimum Gasteiger partial charge on any atom is -0.460 e. The maximum absolute atomic E-state index is 9.54. The monoisotopic (exact) mass is 308 g/mol. The Balaban J connectivity index is 1.59. The van der Waals surface area contributed by atoms with Crippen LogP contribution in [0.3, 0.4) is 0 Å². The smallest absolute Gasteiger partial charge is 0.134 e. The van der Waals surface area contributed by atoms with Crippen molar-refractivity contribution in [3.8, 4) is 11.3 Å². The lowest BCUT2D eigenvalue weighted by molar-refractivity contribution is 0.199. The molecule has 0 bridgehead atoms. The van der Waals surface area contributed by atoms with Gasteiger partial charge in [0.2, 0.25) is 0 Å². The number of hydrogen-bond acceptors (Lipinski definition) is 4. The van der Waals surface area contributed by atoms with Crippen LogP contribution in [0.15, 0.2) is 65.3 Å². The third kappa shape index (κ3) is 4.06. The summed E-state index contributed by atoms with van der Waals surface area (Å²) < 4.78 is 5.87. The summed E-state index contributed by atoms with van der Waals surface area (Å²) in [5.74, 6) is 1.73. The number of nitrogens with zero attached hydrogens (tertiary/aromatic N) is 1. The van der Waals surface area contributed by atoms with Crippen molar-refractivity contribution in [1.82, 2.24) is 10.3 Å². The molecule has 0 aliphatic heterocycles. The van der Waals surface area contributed by atoms with E-state index in [1.165, 1.54) is 0 Å². The van der Waals surface area contributed by atoms with Crippen molar-refractivity contribution in [2.24, 2.45) is 0 Å². The molecular formula is C19H20N2O2. The van der Waals surface area contributed by atoms with Gasteiger partial charge in [-0.1, -0.05) is 30.3 Å². The van der Waals surface area contributed by atoms with Gasteiger partial charge < -0.3 is 14.8 Å². The minimum atomic E-state index is -0.451. The summed E-state index contributed by atoms with van der Waals surface area (Å²) in [6.45, 7) is 3.18. The largest absolute Gasteiger partial charge is 0.460 e. The van der Waals surface area contributed by atoms with E-state index in [1.54, 1.807) is 13.1 Å². The van der Waals surface area contributed by atoms with Crippen LogP contribution in [0, 0.1) is 0 Å². The van der Waals surface area contributed by atoms with Crippen LogP contribution in [0.1, 0.15) is 29.9 Å². The number of rotatable bonds is 6. The zero-order chi connectivity index (χ0) is 16.1. The van der Waals surface area contributed by atoms with Gasteiger partial charge in [-0.15, -0.1) is 0 Å². The molecule has 1 atom stereocenters. The molecule has 0 saturated heterocycles. The fourth-order valence-electron chi connectivity index (χ4n) is 2.39. The van der Waals surface area contributed by atoms with Crippen LogP contribution < -0.4 is 5.32 Å². The Bertz CT molecular complexity index is 734. The van der Waals surface area contributed by atoms with Crippen molar-refractivity contribution in [1.29, 1.82) is 0 Å². The van der Waals surface area contributed by atoms with Crippen molar-refractivity contribution in [3.63, 3.8) is 0 Å². The lowest BCUT2D eigenvalue weighted by Gasteiger charge is -2.05. The molecule has 4 nitrogen and oxygen atoms in total. The highest BCUT2D eigenvalue weighted by atomic mass is 16.3. The van der Waals surface area contributed by atoms with Gasteiger partial charge in [-0.05, 0) is 36.2 Å². The van der Waals surface area contributed by atoms with Crippen LogP contribution >= 0.6 is 0 Å². The van der Waals surface area contributed by atoms with Crippen LogP contribution in [0.4, 0.5) is 0 Å². The molecule has 2 aromatic heterocycles. The van der Waals surface area contributed by atoms with Gasteiger partial charge in [0, 0.05) is 24.5 Å². The zero-order valence-electron chi connectivity index (χ0n) is 13.1. The highest BCUT2D eigenvalue weighted by Gasteiger charge is 2.06. The molecular weight excluding hydrogens is 288 g/mol. The predicted octanol–water partition coefficient (Wildman–Crippen LogP) is 3.68. The van der Waals surface area contributed by atoms with Gasteiger partial charge in [-0.2, -0.15) is 0 Å². The summed E-state index contributed by atoms with van der Waals surface area (Å²) in [7, 11) is 0. The highest BCUT2D eigenvalue weighted by Crippen LogP contribution is 2.24. The van der Waals surface area contributed by atoms with Gasteiger partial charge in [-0.3, -0.25) is 4.98 Å². The molecule has 0 aliphatic rings. The number of aliphatic hydroxyl groups is 1. The Kier molecular flexibility index (Phi) is 4.86. The molecule has 0 aliphatic carbocycles. The van der Waals surface area contributed by atoms with Crippen LogP contribution in [-0.4, -0.2) is 10.1 Å². The van der Waals surface area contributed by atoms with Gasteiger partial charge in [0.05, 0.1) is 12.6 Å². The summed E-state index contributed by atoms with van der Waals surface area (Å²) in [5, 5.41) is 12.9. The van der Waals surface area contributed by atoms with E-state index in [-0.39, 0.29) is 0 Å². The fourth-order valence-corrected chi connectivity index (χ4v) is 2.39. The Hall–Kier alpha value is -2.43. The van der Waals surface area contributed by atoms with Crippen molar-refractivity contribution < 1.29 is 9.52 Å². The number of nitrogens with one attached hydrogen (secondary N) is 1. The van der Waals surface area contributed by atoms with E-state index in [2.05, 4.69) is 10.3 Å². The van der Waals surface area contributed by atoms with E-state index < -0.39 is 6.10 Å². The van der Waals surface area contributed by atoms with Crippen LogP contribution in [-0.2, 0) is 13.1 Å². The quantitative estimate of drug-likeness (QED) is 0.729. The number of hydrogen-bond donors (Lipinski definition) is 2. The number of furan rings is 1. The number of aliphatic hydroxyl groups excluding tert-OH is 1. The third-order valence-corrected chi connectivity index (χ3v) is 3.69. The maximum atomic E-state index is 9.54. The van der Waals surface area contributed by atoms with Crippen LogP contribution in [0.25, 0.3) is 11.3 Å². The lowest BCUT2D eigenvalue weighted by Crippen LogP contribution is -2.12. The van der Waals surface area contributed by atoms with Gasteiger partial charge in [-0.25, -0.2) is 0 Å². The standard InChI is InChI=1S/C19H20N2O2/c1-14(22)16-4-6-17(7-5-16)19-9-8-18(23-19)13-21-12-15-3-2-10-20-11-15/h2-11,14,21-22H,12-13H2,1H3/t14-/m1/s1. The summed E-state index contributed by atoms with van der Waals surface area (Å²) >= 11 is 0. The first-order valence-electron chi connectivity index (χ1n) is 7.69. The Labute approximate surface area is 135 Å². The van der Waals surface area contributed by atoms with Crippen molar-refractivity contribution in [2.75, 3.05) is 0 Å². The molecule has 4 heteroatoms. The topological polar surface area (TPSA) is 58.3 Å². The molecule has 1 aromatic carbocycles. The molecule has 23 heavy (non-hydrogen) atoms. The first-order valence-corrected chi connectivity index (χ1v) is 7.69. The normalized spacial score (nSPS) is 12.3. The zero-order valence-corrected chi connectivity index (χ0v) is 13.1. The van der Waals surface area contributed by atoms with Crippen molar-refractivity contribution >= 4 is 0 Å². The molecule has 118 valence electrons. The van der Waals surface area contributed by atoms with E-state index in [0.29, 0.717) is 6.54 Å². The van der Waals surface area contributed by atoms with Gasteiger partial charge in [0.15, 0.2) is 0 Å². The SMILES string of the molecule is C[C@@H](O)c1ccc(-c2ccc(CNCc3cccnc3)o2)cc1. The molecule has 2 N–H and O–H groups in total. The third-order valence-electron chi connectivity index (χ3n) is 3.69. The Morgan fingerprint density at radius 3 is 2.61 bits per heavy atom. The summed E-state index contributed by atoms with van der Waals surface area (Å²) in [6, 6.07) is 15.7. The highest BCUT2D eigenvalue weighted by molar-refractivity contribution is 5.58. The summed E-state index contributed by atoms with van der Waals surface area (Å²) in [4.78, 5) is 4.09. The number of aromatic nitrogens is 1. The average Bonchev–Trinajstić information content (AvgIpc) is 3.05. The summed E-state index contributed by atoms with van der Waals surface area (Å²) in [6.07, 6.45) is 3.17. The molecule has 2 heterocycles. The van der Waals surface area contributed by atoms with E-state index >= 15 is 0 Å². The maximum Gasteiger partial charge on any atom is 0.134 e. The lowest BCUT2D eigenvalue weighted by atomic mass is 10.1. The van der Waals surface area contributed by atoms with E-state index in [0.717, 1.165) is 34.8 Å². The molecule has 0 amide bonds. The molecule has 0 fully saturated rings. The predicted molar refractivity (Wildman–Crippen MR) is 89.6 cm³/mol. The summed E-state index contributed by atoms with van der Waals surface area (Å²) in [5.41, 5.74) is 3.06. The second-order valence-electron chi connectivity index (χ2n) is 5.53. The molecule has 0 unspecified atom stereocenters. The molecule has 0 radical (unpaired) electrons. The van der Waals surface area contributed by atoms with Crippen LogP contribution in [0.2, 0.25) is 0 Å². The minimum absolute atomic E-state index is 0.451. The Morgan fingerprint density at radius 2 is 1.91 bits per heavy atom. The van der Waals surface area contributed by atoms with E-state index in [1.807, 2.05) is 54.7 Å². The van der Waals surface area contributed by atoms with E-state index in [9.17, 15) is 5.11 Å². The first-order chi connectivity index (χ1) is 11.2. The second-order valence-corrected chi connectivity index (χ2v) is 5.53. The molecule has 0 saturated carbocycles.